The van der Waals surface area contributed by atoms with Gasteiger partial charge in [0, 0.05) is 25.8 Å². The van der Waals surface area contributed by atoms with Crippen LogP contribution in [0.15, 0.2) is 36.4 Å². The maximum atomic E-state index is 13.0. The number of para-hydroxylation sites is 1. The maximum Gasteiger partial charge on any atom is 0.255 e. The Morgan fingerprint density at radius 3 is 2.61 bits per heavy atom. The number of aryl methyl sites for hydroxylation is 1. The van der Waals surface area contributed by atoms with Gasteiger partial charge in [0.25, 0.3) is 5.91 Å². The highest BCUT2D eigenvalue weighted by atomic mass is 16.5. The van der Waals surface area contributed by atoms with Gasteiger partial charge in [-0.25, -0.2) is 0 Å². The number of fused-ring (bicyclic) bond motifs is 1. The van der Waals surface area contributed by atoms with E-state index >= 15 is 0 Å². The molecule has 0 aliphatic carbocycles. The number of methoxy groups -OCH3 is 2. The molecule has 2 aliphatic rings. The lowest BCUT2D eigenvalue weighted by molar-refractivity contribution is 0.0934. The van der Waals surface area contributed by atoms with E-state index in [1.165, 1.54) is 36.1 Å². The van der Waals surface area contributed by atoms with Gasteiger partial charge in [-0.1, -0.05) is 18.2 Å². The third-order valence-corrected chi connectivity index (χ3v) is 6.52. The first-order valence-electron chi connectivity index (χ1n) is 11.2. The molecule has 166 valence electrons. The minimum Gasteiger partial charge on any atom is -0.493 e. The molecule has 2 aromatic rings. The second kappa shape index (κ2) is 9.60. The van der Waals surface area contributed by atoms with Gasteiger partial charge in [0.15, 0.2) is 11.5 Å². The predicted molar refractivity (Wildman–Crippen MR) is 123 cm³/mol. The molecular weight excluding hydrogens is 390 g/mol. The average molecular weight is 424 g/mol. The van der Waals surface area contributed by atoms with Crippen LogP contribution >= 0.6 is 0 Å². The summed E-state index contributed by atoms with van der Waals surface area (Å²) in [4.78, 5) is 17.9. The zero-order valence-electron chi connectivity index (χ0n) is 18.8. The van der Waals surface area contributed by atoms with Crippen LogP contribution < -0.4 is 19.7 Å². The van der Waals surface area contributed by atoms with Crippen LogP contribution in [0.1, 0.15) is 46.8 Å². The molecule has 0 saturated carbocycles. The first-order chi connectivity index (χ1) is 15.1. The van der Waals surface area contributed by atoms with Crippen LogP contribution in [-0.2, 0) is 6.42 Å². The maximum absolute atomic E-state index is 13.0. The molecule has 0 spiro atoms. The largest absolute Gasteiger partial charge is 0.493 e. The molecule has 4 rings (SSSR count). The summed E-state index contributed by atoms with van der Waals surface area (Å²) in [5.74, 6) is 0.889. The summed E-state index contributed by atoms with van der Waals surface area (Å²) in [6.45, 7) is 3.81. The molecule has 1 fully saturated rings. The summed E-state index contributed by atoms with van der Waals surface area (Å²) < 4.78 is 10.8. The number of carbonyl (C=O) groups excluding carboxylic acids is 1. The lowest BCUT2D eigenvalue weighted by Crippen LogP contribution is -2.37. The molecule has 31 heavy (non-hydrogen) atoms. The van der Waals surface area contributed by atoms with Crippen molar-refractivity contribution in [1.82, 2.24) is 10.2 Å². The summed E-state index contributed by atoms with van der Waals surface area (Å²) in [5, 5.41) is 3.16. The second-order valence-electron chi connectivity index (χ2n) is 8.42. The van der Waals surface area contributed by atoms with Crippen molar-refractivity contribution in [3.05, 3.63) is 53.1 Å². The topological polar surface area (TPSA) is 54.0 Å². The van der Waals surface area contributed by atoms with Crippen molar-refractivity contribution in [2.45, 2.75) is 31.7 Å². The quantitative estimate of drug-likeness (QED) is 0.737. The van der Waals surface area contributed by atoms with Crippen molar-refractivity contribution in [3.8, 4) is 11.5 Å². The van der Waals surface area contributed by atoms with Gasteiger partial charge in [-0.2, -0.15) is 0 Å². The standard InChI is InChI=1S/C25H33N3O3/c1-27-13-7-8-18-16-19(11-12-21(18)27)22(28-14-4-5-15-28)17-26-25(29)20-9-6-10-23(30-2)24(20)31-3/h6,9-12,16,22H,4-5,7-8,13-15,17H2,1-3H3,(H,26,29)/t22-/m0/s1. The Balaban J connectivity index is 1.55. The number of nitrogens with one attached hydrogen (secondary N) is 1. The SMILES string of the molecule is COc1cccc(C(=O)NC[C@@H](c2ccc3c(c2)CCCN3C)N2CCCC2)c1OC. The molecule has 0 aromatic heterocycles. The summed E-state index contributed by atoms with van der Waals surface area (Å²) in [7, 11) is 5.31. The zero-order valence-corrected chi connectivity index (χ0v) is 18.8. The number of carbonyl (C=O) groups is 1. The third-order valence-electron chi connectivity index (χ3n) is 6.52. The van der Waals surface area contributed by atoms with Gasteiger partial charge in [-0.05, 0) is 68.1 Å². The Hall–Kier alpha value is -2.73. The number of hydrogen-bond donors (Lipinski definition) is 1. The number of rotatable bonds is 7. The molecular formula is C25H33N3O3. The van der Waals surface area contributed by atoms with Gasteiger partial charge < -0.3 is 19.7 Å². The lowest BCUT2D eigenvalue weighted by atomic mass is 9.96. The molecule has 0 radical (unpaired) electrons. The summed E-state index contributed by atoms with van der Waals surface area (Å²) in [6.07, 6.45) is 4.73. The van der Waals surface area contributed by atoms with Crippen LogP contribution in [-0.4, -0.2) is 58.3 Å². The van der Waals surface area contributed by atoms with Gasteiger partial charge in [-0.15, -0.1) is 0 Å². The van der Waals surface area contributed by atoms with Gasteiger partial charge in [0.1, 0.15) is 0 Å². The molecule has 2 aromatic carbocycles. The molecule has 6 heteroatoms. The van der Waals surface area contributed by atoms with Crippen LogP contribution in [0.2, 0.25) is 0 Å². The van der Waals surface area contributed by atoms with E-state index in [0.29, 0.717) is 23.6 Å². The number of nitrogens with zero attached hydrogens (tertiary/aromatic N) is 2. The van der Waals surface area contributed by atoms with E-state index in [2.05, 4.69) is 40.4 Å². The van der Waals surface area contributed by atoms with E-state index in [9.17, 15) is 4.79 Å². The lowest BCUT2D eigenvalue weighted by Gasteiger charge is -2.32. The van der Waals surface area contributed by atoms with Crippen LogP contribution in [0.25, 0.3) is 0 Å². The fraction of sp³-hybridized carbons (Fsp3) is 0.480. The molecule has 0 bridgehead atoms. The fourth-order valence-corrected chi connectivity index (χ4v) is 4.87. The molecule has 1 atom stereocenters. The monoisotopic (exact) mass is 423 g/mol. The van der Waals surface area contributed by atoms with Gasteiger partial charge in [-0.3, -0.25) is 9.69 Å². The Morgan fingerprint density at radius 2 is 1.87 bits per heavy atom. The minimum atomic E-state index is -0.141. The average Bonchev–Trinajstić information content (AvgIpc) is 3.33. The van der Waals surface area contributed by atoms with Crippen molar-refractivity contribution in [2.75, 3.05) is 52.3 Å². The summed E-state index contributed by atoms with van der Waals surface area (Å²) >= 11 is 0. The van der Waals surface area contributed by atoms with Crippen LogP contribution in [0.4, 0.5) is 5.69 Å². The number of anilines is 1. The Labute approximate surface area is 185 Å². The molecule has 6 nitrogen and oxygen atoms in total. The van der Waals surface area contributed by atoms with Crippen LogP contribution in [0.3, 0.4) is 0 Å². The zero-order chi connectivity index (χ0) is 21.8. The number of amides is 1. The normalized spacial score (nSPS) is 17.2. The first kappa shape index (κ1) is 21.5. The van der Waals surface area contributed by atoms with Crippen molar-refractivity contribution in [2.24, 2.45) is 0 Å². The van der Waals surface area contributed by atoms with E-state index in [1.54, 1.807) is 26.4 Å². The van der Waals surface area contributed by atoms with Crippen molar-refractivity contribution in [3.63, 3.8) is 0 Å². The Morgan fingerprint density at radius 1 is 1.06 bits per heavy atom. The molecule has 1 saturated heterocycles. The number of likely N-dealkylation sites (tertiary alicyclic amines) is 1. The number of hydrogen-bond acceptors (Lipinski definition) is 5. The minimum absolute atomic E-state index is 0.141. The van der Waals surface area contributed by atoms with Gasteiger partial charge in [0.2, 0.25) is 0 Å². The molecule has 1 N–H and O–H groups in total. The second-order valence-corrected chi connectivity index (χ2v) is 8.42. The fourth-order valence-electron chi connectivity index (χ4n) is 4.87. The van der Waals surface area contributed by atoms with Crippen molar-refractivity contribution < 1.29 is 14.3 Å². The van der Waals surface area contributed by atoms with E-state index in [0.717, 1.165) is 26.1 Å². The van der Waals surface area contributed by atoms with Gasteiger partial charge in [0.05, 0.1) is 25.8 Å². The molecule has 0 unspecified atom stereocenters. The predicted octanol–water partition coefficient (Wildman–Crippen LogP) is 3.65. The van der Waals surface area contributed by atoms with E-state index in [1.807, 2.05) is 6.07 Å². The summed E-state index contributed by atoms with van der Waals surface area (Å²) in [5.41, 5.74) is 4.53. The highest BCUT2D eigenvalue weighted by Crippen LogP contribution is 2.33. The van der Waals surface area contributed by atoms with Gasteiger partial charge >= 0.3 is 0 Å². The smallest absolute Gasteiger partial charge is 0.255 e. The number of ether oxygens (including phenoxy) is 2. The van der Waals surface area contributed by atoms with Crippen LogP contribution in [0, 0.1) is 0 Å². The molecule has 2 aliphatic heterocycles. The van der Waals surface area contributed by atoms with Crippen molar-refractivity contribution in [1.29, 1.82) is 0 Å². The van der Waals surface area contributed by atoms with E-state index in [-0.39, 0.29) is 11.9 Å². The highest BCUT2D eigenvalue weighted by Gasteiger charge is 2.26. The van der Waals surface area contributed by atoms with E-state index < -0.39 is 0 Å². The third kappa shape index (κ3) is 4.49. The molecule has 1 amide bonds. The Bertz CT molecular complexity index is 924. The Kier molecular flexibility index (Phi) is 6.66. The van der Waals surface area contributed by atoms with E-state index in [4.69, 9.17) is 9.47 Å². The number of benzene rings is 2. The van der Waals surface area contributed by atoms with Crippen LogP contribution in [0.5, 0.6) is 11.5 Å². The van der Waals surface area contributed by atoms with Crippen molar-refractivity contribution >= 4 is 11.6 Å². The summed E-state index contributed by atoms with van der Waals surface area (Å²) in [6, 6.07) is 12.4. The highest BCUT2D eigenvalue weighted by molar-refractivity contribution is 5.97. The molecule has 2 heterocycles. The first-order valence-corrected chi connectivity index (χ1v) is 11.2.